The smallest absolute Gasteiger partial charge is 0.329 e. The van der Waals surface area contributed by atoms with Crippen LogP contribution in [0, 0.1) is 0 Å². The Bertz CT molecular complexity index is 320. The average Bonchev–Trinajstić information content (AvgIpc) is 1.82. The summed E-state index contributed by atoms with van der Waals surface area (Å²) < 4.78 is 10.6. The second kappa shape index (κ2) is 3.27. The van der Waals surface area contributed by atoms with Gasteiger partial charge < -0.3 is 15.5 Å². The molecule has 0 saturated carbocycles. The van der Waals surface area contributed by atoms with Crippen molar-refractivity contribution >= 4 is 13.3 Å². The second-order valence-electron chi connectivity index (χ2n) is 2.57. The summed E-state index contributed by atoms with van der Waals surface area (Å²) in [6, 6.07) is 6.53. The van der Waals surface area contributed by atoms with Gasteiger partial charge in [0, 0.05) is 5.69 Å². The Morgan fingerprint density at radius 3 is 2.58 bits per heavy atom. The maximum absolute atomic E-state index is 10.6. The molecule has 0 saturated heterocycles. The minimum Gasteiger partial charge on any atom is -0.399 e. The molecule has 4 nitrogen and oxygen atoms in total. The fraction of sp³-hybridized carbons (Fsp3) is 0.143. The van der Waals surface area contributed by atoms with Crippen molar-refractivity contribution in [3.63, 3.8) is 0 Å². The second-order valence-corrected chi connectivity index (χ2v) is 4.21. The number of hydrogen-bond acceptors (Lipinski definition) is 2. The average molecular weight is 187 g/mol. The molecule has 1 aromatic carbocycles. The third-order valence-corrected chi connectivity index (χ3v) is 2.12. The molecule has 1 rings (SSSR count). The van der Waals surface area contributed by atoms with Gasteiger partial charge in [0.25, 0.3) is 0 Å². The molecular formula is C7H10NO3P. The van der Waals surface area contributed by atoms with Crippen molar-refractivity contribution in [2.75, 3.05) is 5.73 Å². The van der Waals surface area contributed by atoms with Crippen molar-refractivity contribution in [1.82, 2.24) is 0 Å². The van der Waals surface area contributed by atoms with Crippen LogP contribution in [0.2, 0.25) is 0 Å². The Morgan fingerprint density at radius 1 is 1.42 bits per heavy atom. The summed E-state index contributed by atoms with van der Waals surface area (Å²) in [7, 11) is -3.96. The standard InChI is InChI=1S/C7H10NO3P/c8-7-3-1-2-6(4-7)5-12(9,10)11/h1-4H,5,8H2,(H2,9,10,11). The van der Waals surface area contributed by atoms with Gasteiger partial charge in [-0.1, -0.05) is 12.1 Å². The Kier molecular flexibility index (Phi) is 2.52. The lowest BCUT2D eigenvalue weighted by Crippen LogP contribution is -1.89. The van der Waals surface area contributed by atoms with E-state index in [-0.39, 0.29) is 6.16 Å². The van der Waals surface area contributed by atoms with Crippen LogP contribution in [0.5, 0.6) is 0 Å². The van der Waals surface area contributed by atoms with E-state index >= 15 is 0 Å². The fourth-order valence-electron chi connectivity index (χ4n) is 0.929. The maximum atomic E-state index is 10.6. The molecule has 0 aliphatic heterocycles. The number of anilines is 1. The molecule has 0 amide bonds. The Labute approximate surface area is 70.2 Å². The molecule has 0 unspecified atom stereocenters. The Morgan fingerprint density at radius 2 is 2.08 bits per heavy atom. The van der Waals surface area contributed by atoms with Gasteiger partial charge in [-0.15, -0.1) is 0 Å². The minimum absolute atomic E-state index is 0.252. The van der Waals surface area contributed by atoms with Crippen LogP contribution in [0.25, 0.3) is 0 Å². The van der Waals surface area contributed by atoms with Crippen LogP contribution in [-0.2, 0) is 10.7 Å². The number of rotatable bonds is 2. The maximum Gasteiger partial charge on any atom is 0.329 e. The highest BCUT2D eigenvalue weighted by molar-refractivity contribution is 7.50. The van der Waals surface area contributed by atoms with E-state index in [0.717, 1.165) is 0 Å². The third kappa shape index (κ3) is 3.05. The topological polar surface area (TPSA) is 83.6 Å². The Hall–Kier alpha value is -0.830. The molecule has 0 aromatic heterocycles. The van der Waals surface area contributed by atoms with Crippen molar-refractivity contribution in [2.24, 2.45) is 0 Å². The SMILES string of the molecule is Nc1cccc(CP(=O)(O)O)c1. The van der Waals surface area contributed by atoms with Gasteiger partial charge in [0.1, 0.15) is 0 Å². The van der Waals surface area contributed by atoms with E-state index in [1.54, 1.807) is 24.3 Å². The first-order valence-electron chi connectivity index (χ1n) is 3.36. The van der Waals surface area contributed by atoms with E-state index in [9.17, 15) is 4.57 Å². The van der Waals surface area contributed by atoms with E-state index in [0.29, 0.717) is 11.3 Å². The predicted octanol–water partition coefficient (Wildman–Crippen LogP) is 0.946. The molecule has 0 aliphatic carbocycles. The lowest BCUT2D eigenvalue weighted by Gasteiger charge is -2.03. The van der Waals surface area contributed by atoms with E-state index < -0.39 is 7.60 Å². The van der Waals surface area contributed by atoms with Crippen LogP contribution in [0.1, 0.15) is 5.56 Å². The van der Waals surface area contributed by atoms with Crippen LogP contribution >= 0.6 is 7.60 Å². The van der Waals surface area contributed by atoms with Gasteiger partial charge in [0.2, 0.25) is 0 Å². The zero-order valence-corrected chi connectivity index (χ0v) is 7.24. The Balaban J connectivity index is 2.84. The van der Waals surface area contributed by atoms with E-state index in [4.69, 9.17) is 15.5 Å². The summed E-state index contributed by atoms with van der Waals surface area (Å²) in [6.45, 7) is 0. The summed E-state index contributed by atoms with van der Waals surface area (Å²) in [4.78, 5) is 17.3. The zero-order valence-electron chi connectivity index (χ0n) is 6.34. The van der Waals surface area contributed by atoms with Gasteiger partial charge in [0.05, 0.1) is 6.16 Å². The monoisotopic (exact) mass is 187 g/mol. The van der Waals surface area contributed by atoms with Crippen LogP contribution in [0.15, 0.2) is 24.3 Å². The number of hydrogen-bond donors (Lipinski definition) is 3. The molecule has 0 fully saturated rings. The van der Waals surface area contributed by atoms with Gasteiger partial charge in [-0.2, -0.15) is 0 Å². The quantitative estimate of drug-likeness (QED) is 0.475. The number of benzene rings is 1. The van der Waals surface area contributed by atoms with Gasteiger partial charge in [-0.05, 0) is 17.7 Å². The van der Waals surface area contributed by atoms with E-state index in [2.05, 4.69) is 0 Å². The van der Waals surface area contributed by atoms with Crippen molar-refractivity contribution in [2.45, 2.75) is 6.16 Å². The molecule has 5 heteroatoms. The fourth-order valence-corrected chi connectivity index (χ4v) is 1.60. The normalized spacial score (nSPS) is 11.5. The highest BCUT2D eigenvalue weighted by atomic mass is 31.2. The molecule has 0 radical (unpaired) electrons. The van der Waals surface area contributed by atoms with Crippen molar-refractivity contribution < 1.29 is 14.4 Å². The van der Waals surface area contributed by atoms with Crippen molar-refractivity contribution in [3.8, 4) is 0 Å². The molecule has 4 N–H and O–H groups in total. The highest BCUT2D eigenvalue weighted by Gasteiger charge is 2.13. The van der Waals surface area contributed by atoms with Crippen molar-refractivity contribution in [1.29, 1.82) is 0 Å². The van der Waals surface area contributed by atoms with Gasteiger partial charge in [-0.3, -0.25) is 4.57 Å². The first-order chi connectivity index (χ1) is 5.47. The lowest BCUT2D eigenvalue weighted by atomic mass is 10.2. The molecule has 0 bridgehead atoms. The summed E-state index contributed by atoms with van der Waals surface area (Å²) in [6.07, 6.45) is -0.252. The molecule has 66 valence electrons. The molecular weight excluding hydrogens is 177 g/mol. The lowest BCUT2D eigenvalue weighted by molar-refractivity contribution is 0.372. The van der Waals surface area contributed by atoms with Crippen LogP contribution in [0.3, 0.4) is 0 Å². The molecule has 0 spiro atoms. The van der Waals surface area contributed by atoms with Crippen LogP contribution in [0.4, 0.5) is 5.69 Å². The van der Waals surface area contributed by atoms with E-state index in [1.165, 1.54) is 0 Å². The first-order valence-corrected chi connectivity index (χ1v) is 5.16. The van der Waals surface area contributed by atoms with Gasteiger partial charge >= 0.3 is 7.60 Å². The largest absolute Gasteiger partial charge is 0.399 e. The molecule has 0 atom stereocenters. The zero-order chi connectivity index (χ0) is 9.19. The van der Waals surface area contributed by atoms with Crippen LogP contribution < -0.4 is 5.73 Å². The number of nitrogens with two attached hydrogens (primary N) is 1. The number of nitrogen functional groups attached to an aromatic ring is 1. The summed E-state index contributed by atoms with van der Waals surface area (Å²) in [5, 5.41) is 0. The summed E-state index contributed by atoms with van der Waals surface area (Å²) >= 11 is 0. The molecule has 0 aliphatic rings. The van der Waals surface area contributed by atoms with Gasteiger partial charge in [-0.25, -0.2) is 0 Å². The third-order valence-electron chi connectivity index (χ3n) is 1.34. The summed E-state index contributed by atoms with van der Waals surface area (Å²) in [5.74, 6) is 0. The molecule has 12 heavy (non-hydrogen) atoms. The predicted molar refractivity (Wildman–Crippen MR) is 46.6 cm³/mol. The van der Waals surface area contributed by atoms with E-state index in [1.807, 2.05) is 0 Å². The highest BCUT2D eigenvalue weighted by Crippen LogP contribution is 2.39. The van der Waals surface area contributed by atoms with Crippen molar-refractivity contribution in [3.05, 3.63) is 29.8 Å². The van der Waals surface area contributed by atoms with Crippen LogP contribution in [-0.4, -0.2) is 9.79 Å². The molecule has 0 heterocycles. The minimum atomic E-state index is -3.96. The first kappa shape index (κ1) is 9.26. The van der Waals surface area contributed by atoms with Gasteiger partial charge in [0.15, 0.2) is 0 Å². The molecule has 1 aromatic rings. The summed E-state index contributed by atoms with van der Waals surface area (Å²) in [5.41, 5.74) is 6.50.